The number of aliphatic hydroxyl groups excluding tert-OH is 1. The number of para-hydroxylation sites is 1. The molecule has 1 amide bonds. The van der Waals surface area contributed by atoms with Gasteiger partial charge in [-0.3, -0.25) is 9.69 Å². The SMILES string of the molecule is COc1ccccc1C(C)NC(=O)C(C)N1CCC(CO)C1. The first kappa shape index (κ1) is 16.8. The zero-order valence-electron chi connectivity index (χ0n) is 13.6. The van der Waals surface area contributed by atoms with Crippen LogP contribution in [0.5, 0.6) is 5.75 Å². The highest BCUT2D eigenvalue weighted by Gasteiger charge is 2.29. The van der Waals surface area contributed by atoms with Gasteiger partial charge in [-0.1, -0.05) is 18.2 Å². The van der Waals surface area contributed by atoms with Gasteiger partial charge in [-0.25, -0.2) is 0 Å². The molecular weight excluding hydrogens is 280 g/mol. The fraction of sp³-hybridized carbons (Fsp3) is 0.588. The van der Waals surface area contributed by atoms with Gasteiger partial charge in [0.25, 0.3) is 0 Å². The first-order valence-corrected chi connectivity index (χ1v) is 7.85. The number of hydrogen-bond acceptors (Lipinski definition) is 4. The van der Waals surface area contributed by atoms with Gasteiger partial charge in [-0.05, 0) is 38.8 Å². The van der Waals surface area contributed by atoms with Crippen molar-refractivity contribution in [2.24, 2.45) is 5.92 Å². The van der Waals surface area contributed by atoms with Gasteiger partial charge >= 0.3 is 0 Å². The number of amides is 1. The summed E-state index contributed by atoms with van der Waals surface area (Å²) < 4.78 is 5.35. The molecule has 0 spiro atoms. The molecule has 5 nitrogen and oxygen atoms in total. The van der Waals surface area contributed by atoms with Crippen molar-refractivity contribution < 1.29 is 14.6 Å². The zero-order chi connectivity index (χ0) is 16.1. The lowest BCUT2D eigenvalue weighted by Crippen LogP contribution is -2.45. The average molecular weight is 306 g/mol. The number of rotatable bonds is 6. The van der Waals surface area contributed by atoms with E-state index >= 15 is 0 Å². The van der Waals surface area contributed by atoms with Gasteiger partial charge in [-0.2, -0.15) is 0 Å². The maximum Gasteiger partial charge on any atom is 0.237 e. The van der Waals surface area contributed by atoms with Crippen molar-refractivity contribution in [1.29, 1.82) is 0 Å². The quantitative estimate of drug-likeness (QED) is 0.837. The molecule has 0 saturated carbocycles. The molecule has 0 bridgehead atoms. The summed E-state index contributed by atoms with van der Waals surface area (Å²) in [5, 5.41) is 12.3. The Bertz CT molecular complexity index is 506. The van der Waals surface area contributed by atoms with Crippen molar-refractivity contribution in [2.75, 3.05) is 26.8 Å². The molecule has 3 unspecified atom stereocenters. The Morgan fingerprint density at radius 1 is 1.45 bits per heavy atom. The molecule has 1 aliphatic rings. The van der Waals surface area contributed by atoms with Crippen molar-refractivity contribution in [2.45, 2.75) is 32.4 Å². The zero-order valence-corrected chi connectivity index (χ0v) is 13.6. The van der Waals surface area contributed by atoms with E-state index in [0.29, 0.717) is 5.92 Å². The van der Waals surface area contributed by atoms with Crippen molar-refractivity contribution in [1.82, 2.24) is 10.2 Å². The van der Waals surface area contributed by atoms with E-state index in [1.807, 2.05) is 38.1 Å². The van der Waals surface area contributed by atoms with Crippen LogP contribution in [0.2, 0.25) is 0 Å². The van der Waals surface area contributed by atoms with E-state index in [0.717, 1.165) is 30.8 Å². The van der Waals surface area contributed by atoms with Crippen LogP contribution in [0.3, 0.4) is 0 Å². The largest absolute Gasteiger partial charge is 0.496 e. The third kappa shape index (κ3) is 3.78. The number of ether oxygens (including phenoxy) is 1. The first-order chi connectivity index (χ1) is 10.6. The third-order valence-corrected chi connectivity index (χ3v) is 4.47. The summed E-state index contributed by atoms with van der Waals surface area (Å²) in [6.07, 6.45) is 0.955. The summed E-state index contributed by atoms with van der Waals surface area (Å²) >= 11 is 0. The Hall–Kier alpha value is -1.59. The maximum absolute atomic E-state index is 12.5. The molecule has 0 radical (unpaired) electrons. The number of carbonyl (C=O) groups excluding carboxylic acids is 1. The monoisotopic (exact) mass is 306 g/mol. The fourth-order valence-corrected chi connectivity index (χ4v) is 2.97. The molecule has 0 aromatic heterocycles. The lowest BCUT2D eigenvalue weighted by Gasteiger charge is -2.25. The first-order valence-electron chi connectivity index (χ1n) is 7.85. The van der Waals surface area contributed by atoms with Gasteiger partial charge in [0.2, 0.25) is 5.91 Å². The van der Waals surface area contributed by atoms with Crippen molar-refractivity contribution in [3.63, 3.8) is 0 Å². The van der Waals surface area contributed by atoms with Gasteiger partial charge in [0, 0.05) is 18.7 Å². The van der Waals surface area contributed by atoms with Crippen LogP contribution in [0.1, 0.15) is 31.9 Å². The van der Waals surface area contributed by atoms with Crippen LogP contribution in [-0.2, 0) is 4.79 Å². The molecule has 1 saturated heterocycles. The van der Waals surface area contributed by atoms with Gasteiger partial charge in [-0.15, -0.1) is 0 Å². The van der Waals surface area contributed by atoms with Crippen LogP contribution >= 0.6 is 0 Å². The van der Waals surface area contributed by atoms with Crippen LogP contribution in [0.15, 0.2) is 24.3 Å². The minimum absolute atomic E-state index is 0.0111. The summed E-state index contributed by atoms with van der Waals surface area (Å²) in [5.74, 6) is 1.09. The van der Waals surface area contributed by atoms with Crippen molar-refractivity contribution >= 4 is 5.91 Å². The molecule has 1 aliphatic heterocycles. The molecule has 5 heteroatoms. The number of likely N-dealkylation sites (tertiary alicyclic amines) is 1. The normalized spacial score (nSPS) is 21.4. The Morgan fingerprint density at radius 2 is 2.18 bits per heavy atom. The Morgan fingerprint density at radius 3 is 2.82 bits per heavy atom. The number of nitrogens with zero attached hydrogens (tertiary/aromatic N) is 1. The highest BCUT2D eigenvalue weighted by Crippen LogP contribution is 2.25. The van der Waals surface area contributed by atoms with E-state index in [1.54, 1.807) is 7.11 Å². The van der Waals surface area contributed by atoms with E-state index in [-0.39, 0.29) is 24.6 Å². The summed E-state index contributed by atoms with van der Waals surface area (Å²) in [7, 11) is 1.63. The Balaban J connectivity index is 1.96. The van der Waals surface area contributed by atoms with Crippen LogP contribution < -0.4 is 10.1 Å². The molecule has 0 aliphatic carbocycles. The Labute approximate surface area is 132 Å². The number of benzene rings is 1. The van der Waals surface area contributed by atoms with Gasteiger partial charge in [0.05, 0.1) is 19.2 Å². The molecule has 22 heavy (non-hydrogen) atoms. The van der Waals surface area contributed by atoms with E-state index in [2.05, 4.69) is 10.2 Å². The fourth-order valence-electron chi connectivity index (χ4n) is 2.97. The third-order valence-electron chi connectivity index (χ3n) is 4.47. The standard InChI is InChI=1S/C17H26N2O3/c1-12(15-6-4-5-7-16(15)22-3)18-17(21)13(2)19-9-8-14(10-19)11-20/h4-7,12-14,20H,8-11H2,1-3H3,(H,18,21). The number of hydrogen-bond donors (Lipinski definition) is 2. The van der Waals surface area contributed by atoms with Gasteiger partial charge in [0.1, 0.15) is 5.75 Å². The van der Waals surface area contributed by atoms with E-state index in [4.69, 9.17) is 4.74 Å². The lowest BCUT2D eigenvalue weighted by atomic mass is 10.1. The highest BCUT2D eigenvalue weighted by molar-refractivity contribution is 5.81. The van der Waals surface area contributed by atoms with Crippen LogP contribution in [0, 0.1) is 5.92 Å². The topological polar surface area (TPSA) is 61.8 Å². The van der Waals surface area contributed by atoms with E-state index in [1.165, 1.54) is 0 Å². The summed E-state index contributed by atoms with van der Waals surface area (Å²) in [4.78, 5) is 14.6. The minimum atomic E-state index is -0.186. The average Bonchev–Trinajstić information content (AvgIpc) is 3.02. The minimum Gasteiger partial charge on any atom is -0.496 e. The summed E-state index contributed by atoms with van der Waals surface area (Å²) in [6, 6.07) is 7.42. The van der Waals surface area contributed by atoms with E-state index in [9.17, 15) is 9.90 Å². The summed E-state index contributed by atoms with van der Waals surface area (Å²) in [6.45, 7) is 5.73. The number of carbonyl (C=O) groups is 1. The predicted molar refractivity (Wildman–Crippen MR) is 85.8 cm³/mol. The molecule has 3 atom stereocenters. The van der Waals surface area contributed by atoms with Gasteiger partial charge in [0.15, 0.2) is 0 Å². The van der Waals surface area contributed by atoms with E-state index < -0.39 is 0 Å². The Kier molecular flexibility index (Phi) is 5.80. The predicted octanol–water partition coefficient (Wildman–Crippen LogP) is 1.58. The number of nitrogens with one attached hydrogen (secondary N) is 1. The summed E-state index contributed by atoms with van der Waals surface area (Å²) in [5.41, 5.74) is 0.972. The number of methoxy groups -OCH3 is 1. The lowest BCUT2D eigenvalue weighted by molar-refractivity contribution is -0.126. The molecule has 1 fully saturated rings. The van der Waals surface area contributed by atoms with Crippen LogP contribution in [-0.4, -0.2) is 48.8 Å². The van der Waals surface area contributed by atoms with Crippen molar-refractivity contribution in [3.8, 4) is 5.75 Å². The van der Waals surface area contributed by atoms with Crippen LogP contribution in [0.25, 0.3) is 0 Å². The molecule has 2 rings (SSSR count). The molecule has 2 N–H and O–H groups in total. The number of aliphatic hydroxyl groups is 1. The molecular formula is C17H26N2O3. The molecule has 1 heterocycles. The second-order valence-corrected chi connectivity index (χ2v) is 5.98. The second-order valence-electron chi connectivity index (χ2n) is 5.98. The molecule has 1 aromatic rings. The van der Waals surface area contributed by atoms with Gasteiger partial charge < -0.3 is 15.2 Å². The second kappa shape index (κ2) is 7.61. The smallest absolute Gasteiger partial charge is 0.237 e. The van der Waals surface area contributed by atoms with Crippen LogP contribution in [0.4, 0.5) is 0 Å². The highest BCUT2D eigenvalue weighted by atomic mass is 16.5. The molecule has 1 aromatic carbocycles. The van der Waals surface area contributed by atoms with Crippen molar-refractivity contribution in [3.05, 3.63) is 29.8 Å². The maximum atomic E-state index is 12.5. The molecule has 122 valence electrons.